The maximum absolute atomic E-state index is 4.76. The van der Waals surface area contributed by atoms with Crippen molar-refractivity contribution in [2.24, 2.45) is 0 Å². The fourth-order valence-corrected chi connectivity index (χ4v) is 4.34. The van der Waals surface area contributed by atoms with E-state index in [2.05, 4.69) is 83.0 Å². The number of aromatic nitrogens is 3. The number of nitrogens with one attached hydrogen (secondary N) is 1. The molecule has 0 atom stereocenters. The Hall–Kier alpha value is -2.96. The van der Waals surface area contributed by atoms with Gasteiger partial charge in [-0.05, 0) is 62.3 Å². The van der Waals surface area contributed by atoms with Gasteiger partial charge in [0.1, 0.15) is 0 Å². The summed E-state index contributed by atoms with van der Waals surface area (Å²) in [5.74, 6) is 0. The molecule has 4 aromatic rings. The normalized spacial score (nSPS) is 11.2. The first-order valence-corrected chi connectivity index (χ1v) is 11.8. The van der Waals surface area contributed by atoms with Crippen LogP contribution in [0.25, 0.3) is 16.9 Å². The molecule has 2 aromatic carbocycles. The Bertz CT molecular complexity index is 1050. The molecule has 1 N–H and O–H groups in total. The van der Waals surface area contributed by atoms with Crippen molar-refractivity contribution >= 4 is 22.2 Å². The zero-order valence-electron chi connectivity index (χ0n) is 18.2. The quantitative estimate of drug-likeness (QED) is 0.334. The maximum atomic E-state index is 4.76. The number of anilines is 2. The zero-order valence-corrected chi connectivity index (χ0v) is 19.0. The van der Waals surface area contributed by atoms with E-state index in [1.54, 1.807) is 23.9 Å². The van der Waals surface area contributed by atoms with Gasteiger partial charge in [0.05, 0.1) is 12.0 Å². The predicted molar refractivity (Wildman–Crippen MR) is 131 cm³/mol. The van der Waals surface area contributed by atoms with Gasteiger partial charge in [0.25, 0.3) is 0 Å². The fourth-order valence-electron chi connectivity index (χ4n) is 3.60. The van der Waals surface area contributed by atoms with E-state index in [0.717, 1.165) is 53.8 Å². The number of aryl methyl sites for hydroxylation is 1. The topological polar surface area (TPSA) is 46.0 Å². The molecule has 2 aromatic heterocycles. The van der Waals surface area contributed by atoms with Gasteiger partial charge < -0.3 is 14.8 Å². The minimum absolute atomic E-state index is 0.906. The molecule has 0 aliphatic carbocycles. The van der Waals surface area contributed by atoms with Crippen LogP contribution in [0.5, 0.6) is 0 Å². The Labute approximate surface area is 188 Å². The lowest BCUT2D eigenvalue weighted by molar-refractivity contribution is 0.300. The molecule has 0 aliphatic rings. The summed E-state index contributed by atoms with van der Waals surface area (Å²) >= 11 is 1.62. The van der Waals surface area contributed by atoms with Crippen LogP contribution in [-0.4, -0.2) is 39.1 Å². The summed E-state index contributed by atoms with van der Waals surface area (Å²) in [7, 11) is 0. The highest BCUT2D eigenvalue weighted by Crippen LogP contribution is 2.28. The van der Waals surface area contributed by atoms with Gasteiger partial charge in [-0.25, -0.2) is 9.97 Å². The molecule has 0 aliphatic heterocycles. The van der Waals surface area contributed by atoms with Crippen LogP contribution in [0.3, 0.4) is 0 Å². The Morgan fingerprint density at radius 2 is 1.77 bits per heavy atom. The molecule has 4 rings (SSSR count). The van der Waals surface area contributed by atoms with E-state index in [0.29, 0.717) is 0 Å². The van der Waals surface area contributed by atoms with Crippen LogP contribution in [-0.2, 0) is 6.42 Å². The third-order valence-corrected chi connectivity index (χ3v) is 6.27. The van der Waals surface area contributed by atoms with E-state index >= 15 is 0 Å². The van der Waals surface area contributed by atoms with Crippen LogP contribution in [0.1, 0.15) is 25.8 Å². The van der Waals surface area contributed by atoms with Crippen molar-refractivity contribution in [3.05, 3.63) is 78.2 Å². The van der Waals surface area contributed by atoms with Crippen LogP contribution in [0.4, 0.5) is 10.8 Å². The molecule has 0 amide bonds. The Balaban J connectivity index is 1.33. The van der Waals surface area contributed by atoms with Gasteiger partial charge in [-0.15, -0.1) is 11.3 Å². The lowest BCUT2D eigenvalue weighted by atomic mass is 10.1. The number of hydrogen-bond donors (Lipinski definition) is 1. The van der Waals surface area contributed by atoms with Crippen LogP contribution < -0.4 is 5.32 Å². The molecule has 6 heteroatoms. The smallest absolute Gasteiger partial charge is 0.187 e. The lowest BCUT2D eigenvalue weighted by Gasteiger charge is -2.17. The van der Waals surface area contributed by atoms with Crippen molar-refractivity contribution in [2.45, 2.75) is 26.7 Å². The van der Waals surface area contributed by atoms with Gasteiger partial charge in [0, 0.05) is 34.7 Å². The Kier molecular flexibility index (Phi) is 7.12. The summed E-state index contributed by atoms with van der Waals surface area (Å²) in [6.45, 7) is 7.88. The first-order valence-electron chi connectivity index (χ1n) is 10.9. The van der Waals surface area contributed by atoms with Crippen molar-refractivity contribution in [1.29, 1.82) is 0 Å². The molecule has 0 spiro atoms. The SMILES string of the molecule is CCN(CC)CCCc1ccc(Nc2nc(-c3ccc(-n4ccnc4)cc3)cs2)cc1. The molecule has 31 heavy (non-hydrogen) atoms. The summed E-state index contributed by atoms with van der Waals surface area (Å²) in [6, 6.07) is 17.1. The highest BCUT2D eigenvalue weighted by Gasteiger charge is 2.06. The molecule has 0 bridgehead atoms. The van der Waals surface area contributed by atoms with Gasteiger partial charge in [-0.2, -0.15) is 0 Å². The number of thiazole rings is 1. The van der Waals surface area contributed by atoms with Crippen molar-refractivity contribution in [3.63, 3.8) is 0 Å². The number of imidazole rings is 1. The van der Waals surface area contributed by atoms with Crippen LogP contribution in [0, 0.1) is 0 Å². The van der Waals surface area contributed by atoms with Gasteiger partial charge in [0.2, 0.25) is 0 Å². The third kappa shape index (κ3) is 5.60. The third-order valence-electron chi connectivity index (χ3n) is 5.51. The summed E-state index contributed by atoms with van der Waals surface area (Å²) in [4.78, 5) is 11.3. The highest BCUT2D eigenvalue weighted by atomic mass is 32.1. The van der Waals surface area contributed by atoms with Crippen LogP contribution in [0.15, 0.2) is 72.6 Å². The number of benzene rings is 2. The number of nitrogens with zero attached hydrogens (tertiary/aromatic N) is 4. The monoisotopic (exact) mass is 431 g/mol. The zero-order chi connectivity index (χ0) is 21.5. The average Bonchev–Trinajstić information content (AvgIpc) is 3.51. The van der Waals surface area contributed by atoms with Crippen LogP contribution >= 0.6 is 11.3 Å². The second-order valence-corrected chi connectivity index (χ2v) is 8.37. The molecular weight excluding hydrogens is 402 g/mol. The van der Waals surface area contributed by atoms with Crippen LogP contribution in [0.2, 0.25) is 0 Å². The van der Waals surface area contributed by atoms with Gasteiger partial charge in [0.15, 0.2) is 5.13 Å². The largest absolute Gasteiger partial charge is 0.332 e. The summed E-state index contributed by atoms with van der Waals surface area (Å²) in [6.07, 6.45) is 7.84. The molecule has 160 valence electrons. The summed E-state index contributed by atoms with van der Waals surface area (Å²) in [5, 5.41) is 6.43. The van der Waals surface area contributed by atoms with E-state index in [1.165, 1.54) is 12.0 Å². The predicted octanol–water partition coefficient (Wildman–Crippen LogP) is 6.01. The van der Waals surface area contributed by atoms with Crippen molar-refractivity contribution in [1.82, 2.24) is 19.4 Å². The first kappa shape index (κ1) is 21.3. The van der Waals surface area contributed by atoms with E-state index < -0.39 is 0 Å². The minimum atomic E-state index is 0.906. The van der Waals surface area contributed by atoms with Gasteiger partial charge in [-0.3, -0.25) is 0 Å². The Morgan fingerprint density at radius 1 is 1.00 bits per heavy atom. The lowest BCUT2D eigenvalue weighted by Crippen LogP contribution is -2.24. The van der Waals surface area contributed by atoms with Gasteiger partial charge in [-0.1, -0.05) is 38.1 Å². The first-order chi connectivity index (χ1) is 15.2. The molecule has 5 nitrogen and oxygen atoms in total. The fraction of sp³-hybridized carbons (Fsp3) is 0.280. The summed E-state index contributed by atoms with van der Waals surface area (Å²) < 4.78 is 1.99. The molecule has 0 saturated carbocycles. The second kappa shape index (κ2) is 10.4. The molecule has 0 fully saturated rings. The molecule has 2 heterocycles. The van der Waals surface area contributed by atoms with Gasteiger partial charge >= 0.3 is 0 Å². The molecular formula is C25H29N5S. The van der Waals surface area contributed by atoms with E-state index in [-0.39, 0.29) is 0 Å². The van der Waals surface area contributed by atoms with Crippen molar-refractivity contribution in [2.75, 3.05) is 25.0 Å². The molecule has 0 unspecified atom stereocenters. The Morgan fingerprint density at radius 3 is 2.45 bits per heavy atom. The standard InChI is InChI=1S/C25H29N5S/c1-3-29(4-2)16-5-6-20-7-11-22(12-8-20)27-25-28-24(18-31-25)21-9-13-23(14-10-21)30-17-15-26-19-30/h7-15,17-19H,3-6,16H2,1-2H3,(H,27,28). The second-order valence-electron chi connectivity index (χ2n) is 7.51. The van der Waals surface area contributed by atoms with Crippen molar-refractivity contribution in [3.8, 4) is 16.9 Å². The minimum Gasteiger partial charge on any atom is -0.332 e. The van der Waals surface area contributed by atoms with E-state index in [9.17, 15) is 0 Å². The number of rotatable bonds is 10. The van der Waals surface area contributed by atoms with E-state index in [4.69, 9.17) is 4.98 Å². The summed E-state index contributed by atoms with van der Waals surface area (Å²) in [5.41, 5.74) is 5.64. The maximum Gasteiger partial charge on any atom is 0.187 e. The molecule has 0 radical (unpaired) electrons. The highest BCUT2D eigenvalue weighted by molar-refractivity contribution is 7.14. The van der Waals surface area contributed by atoms with Crippen molar-refractivity contribution < 1.29 is 0 Å². The molecule has 0 saturated heterocycles. The average molecular weight is 432 g/mol. The number of hydrogen-bond acceptors (Lipinski definition) is 5. The van der Waals surface area contributed by atoms with E-state index in [1.807, 2.05) is 10.8 Å².